The van der Waals surface area contributed by atoms with Gasteiger partial charge in [0, 0.05) is 22.2 Å². The fourth-order valence-electron chi connectivity index (χ4n) is 3.20. The van der Waals surface area contributed by atoms with Gasteiger partial charge in [-0.25, -0.2) is 4.79 Å². The number of thiophene rings is 1. The number of hydrogen-bond donors (Lipinski definition) is 3. The quantitative estimate of drug-likeness (QED) is 0.400. The topological polar surface area (TPSA) is 86.6 Å². The molecule has 4 rings (SSSR count). The van der Waals surface area contributed by atoms with Crippen molar-refractivity contribution in [2.45, 2.75) is 12.5 Å². The highest BCUT2D eigenvalue weighted by Crippen LogP contribution is 2.26. The molecule has 1 amide bonds. The number of carboxylic acids is 1. The monoisotopic (exact) mass is 441 g/mol. The Labute approximate surface area is 189 Å². The first-order chi connectivity index (χ1) is 15.5. The largest absolute Gasteiger partial charge is 0.508 e. The molecule has 1 atom stereocenters. The molecule has 0 saturated heterocycles. The van der Waals surface area contributed by atoms with Crippen LogP contribution in [0.2, 0.25) is 0 Å². The summed E-state index contributed by atoms with van der Waals surface area (Å²) in [6.45, 7) is 0. The first kappa shape index (κ1) is 21.2. The second-order valence-electron chi connectivity index (χ2n) is 7.21. The maximum absolute atomic E-state index is 12.7. The third-order valence-electron chi connectivity index (χ3n) is 4.84. The lowest BCUT2D eigenvalue weighted by Crippen LogP contribution is -2.42. The molecule has 5 nitrogen and oxygen atoms in total. The third-order valence-corrected chi connectivity index (χ3v) is 5.96. The van der Waals surface area contributed by atoms with Crippen molar-refractivity contribution in [2.75, 3.05) is 0 Å². The number of benzene rings is 3. The lowest BCUT2D eigenvalue weighted by molar-refractivity contribution is -0.139. The molecule has 3 N–H and O–H groups in total. The summed E-state index contributed by atoms with van der Waals surface area (Å²) in [6, 6.07) is 22.3. The lowest BCUT2D eigenvalue weighted by Gasteiger charge is -2.14. The molecular formula is C26H19NO4S. The van der Waals surface area contributed by atoms with Gasteiger partial charge in [-0.3, -0.25) is 4.79 Å². The van der Waals surface area contributed by atoms with Crippen molar-refractivity contribution in [3.8, 4) is 17.6 Å². The van der Waals surface area contributed by atoms with Crippen molar-refractivity contribution >= 4 is 33.3 Å². The number of fused-ring (bicyclic) bond motifs is 1. The summed E-state index contributed by atoms with van der Waals surface area (Å²) in [5, 5.41) is 22.4. The maximum Gasteiger partial charge on any atom is 0.326 e. The molecule has 0 bridgehead atoms. The van der Waals surface area contributed by atoms with Crippen LogP contribution in [0.3, 0.4) is 0 Å². The van der Waals surface area contributed by atoms with Gasteiger partial charge < -0.3 is 15.5 Å². The van der Waals surface area contributed by atoms with Crippen molar-refractivity contribution in [3.05, 3.63) is 100 Å². The van der Waals surface area contributed by atoms with Gasteiger partial charge in [-0.2, -0.15) is 0 Å². The summed E-state index contributed by atoms with van der Waals surface area (Å²) in [5.74, 6) is 4.79. The molecule has 4 aromatic rings. The number of hydrogen-bond acceptors (Lipinski definition) is 4. The molecule has 0 aliphatic carbocycles. The number of carbonyl (C=O) groups is 2. The van der Waals surface area contributed by atoms with Crippen LogP contribution in [0.4, 0.5) is 0 Å². The molecule has 0 aliphatic heterocycles. The summed E-state index contributed by atoms with van der Waals surface area (Å²) in [4.78, 5) is 24.8. The zero-order chi connectivity index (χ0) is 22.5. The van der Waals surface area contributed by atoms with Crippen LogP contribution in [0.25, 0.3) is 10.1 Å². The number of carboxylic acid groups (broad SMARTS) is 1. The highest BCUT2D eigenvalue weighted by atomic mass is 32.1. The van der Waals surface area contributed by atoms with E-state index < -0.39 is 17.9 Å². The van der Waals surface area contributed by atoms with E-state index in [0.717, 1.165) is 21.2 Å². The molecule has 0 aliphatic rings. The molecule has 0 fully saturated rings. The van der Waals surface area contributed by atoms with Crippen LogP contribution >= 0.6 is 11.3 Å². The Morgan fingerprint density at radius 1 is 0.906 bits per heavy atom. The van der Waals surface area contributed by atoms with E-state index in [0.29, 0.717) is 10.4 Å². The van der Waals surface area contributed by atoms with Crippen molar-refractivity contribution in [3.63, 3.8) is 0 Å². The fraction of sp³-hybridized carbons (Fsp3) is 0.0769. The SMILES string of the molecule is O=C(NC(Cc1ccc(O)cc1)C(=O)O)c1cc2cc(C#Cc3ccccc3)ccc2s1. The molecule has 0 saturated carbocycles. The Balaban J connectivity index is 1.50. The van der Waals surface area contributed by atoms with Gasteiger partial charge in [0.15, 0.2) is 0 Å². The molecule has 1 unspecified atom stereocenters. The lowest BCUT2D eigenvalue weighted by atomic mass is 10.1. The maximum atomic E-state index is 12.7. The molecule has 1 heterocycles. The summed E-state index contributed by atoms with van der Waals surface area (Å²) in [7, 11) is 0. The second-order valence-corrected chi connectivity index (χ2v) is 8.30. The summed E-state index contributed by atoms with van der Waals surface area (Å²) in [5.41, 5.74) is 2.46. The van der Waals surface area contributed by atoms with Crippen molar-refractivity contribution in [1.82, 2.24) is 5.32 Å². The average molecular weight is 442 g/mol. The predicted octanol–water partition coefficient (Wildman–Crippen LogP) is 4.43. The standard InChI is InChI=1S/C26H19NO4S/c28-21-11-8-19(9-12-21)15-22(26(30)31)27-25(29)24-16-20-14-18(10-13-23(20)32-24)7-6-17-4-2-1-3-5-17/h1-5,8-14,16,22,28H,15H2,(H,27,29)(H,30,31). The van der Waals surface area contributed by atoms with Gasteiger partial charge in [-0.15, -0.1) is 11.3 Å². The Hall–Kier alpha value is -4.08. The van der Waals surface area contributed by atoms with Gasteiger partial charge in [0.1, 0.15) is 11.8 Å². The fourth-order valence-corrected chi connectivity index (χ4v) is 4.14. The summed E-state index contributed by atoms with van der Waals surface area (Å²) in [6.07, 6.45) is 0.117. The van der Waals surface area contributed by atoms with E-state index in [1.165, 1.54) is 23.5 Å². The minimum atomic E-state index is -1.12. The second kappa shape index (κ2) is 9.38. The molecule has 6 heteroatoms. The number of carbonyl (C=O) groups excluding carboxylic acids is 1. The van der Waals surface area contributed by atoms with Crippen LogP contribution in [0.5, 0.6) is 5.75 Å². The van der Waals surface area contributed by atoms with E-state index in [4.69, 9.17) is 0 Å². The van der Waals surface area contributed by atoms with Crippen LogP contribution in [0.1, 0.15) is 26.4 Å². The van der Waals surface area contributed by atoms with E-state index in [2.05, 4.69) is 17.2 Å². The number of aromatic hydroxyl groups is 1. The van der Waals surface area contributed by atoms with Crippen molar-refractivity contribution in [2.24, 2.45) is 0 Å². The molecule has 32 heavy (non-hydrogen) atoms. The van der Waals surface area contributed by atoms with Crippen LogP contribution < -0.4 is 5.32 Å². The van der Waals surface area contributed by atoms with Gasteiger partial charge in [-0.05, 0) is 59.5 Å². The number of aliphatic carboxylic acids is 1. The number of phenolic OH excluding ortho intramolecular Hbond substituents is 1. The third kappa shape index (κ3) is 5.15. The van der Waals surface area contributed by atoms with Crippen molar-refractivity contribution < 1.29 is 19.8 Å². The van der Waals surface area contributed by atoms with E-state index in [1.807, 2.05) is 48.5 Å². The molecular weight excluding hydrogens is 422 g/mol. The molecule has 3 aromatic carbocycles. The predicted molar refractivity (Wildman–Crippen MR) is 125 cm³/mol. The van der Waals surface area contributed by atoms with E-state index in [-0.39, 0.29) is 12.2 Å². The molecule has 0 radical (unpaired) electrons. The Bertz CT molecular complexity index is 1330. The van der Waals surface area contributed by atoms with Crippen LogP contribution in [-0.2, 0) is 11.2 Å². The van der Waals surface area contributed by atoms with Crippen molar-refractivity contribution in [1.29, 1.82) is 0 Å². The first-order valence-corrected chi connectivity index (χ1v) is 10.7. The van der Waals surface area contributed by atoms with Crippen LogP contribution in [-0.4, -0.2) is 28.1 Å². The summed E-state index contributed by atoms with van der Waals surface area (Å²) < 4.78 is 0.922. The van der Waals surface area contributed by atoms with Gasteiger partial charge in [0.25, 0.3) is 5.91 Å². The number of phenols is 1. The van der Waals surface area contributed by atoms with Crippen LogP contribution in [0.15, 0.2) is 78.9 Å². The Morgan fingerprint density at radius 2 is 1.62 bits per heavy atom. The van der Waals surface area contributed by atoms with E-state index >= 15 is 0 Å². The van der Waals surface area contributed by atoms with Crippen LogP contribution in [0, 0.1) is 11.8 Å². The normalized spacial score (nSPS) is 11.4. The van der Waals surface area contributed by atoms with Gasteiger partial charge >= 0.3 is 5.97 Å². The van der Waals surface area contributed by atoms with E-state index in [9.17, 15) is 19.8 Å². The average Bonchev–Trinajstić information content (AvgIpc) is 3.23. The van der Waals surface area contributed by atoms with Gasteiger partial charge in [0.05, 0.1) is 4.88 Å². The van der Waals surface area contributed by atoms with Gasteiger partial charge in [-0.1, -0.05) is 42.2 Å². The number of nitrogens with one attached hydrogen (secondary N) is 1. The number of amides is 1. The summed E-state index contributed by atoms with van der Waals surface area (Å²) >= 11 is 1.30. The minimum absolute atomic E-state index is 0.0998. The highest BCUT2D eigenvalue weighted by molar-refractivity contribution is 7.20. The molecule has 1 aromatic heterocycles. The smallest absolute Gasteiger partial charge is 0.326 e. The zero-order valence-electron chi connectivity index (χ0n) is 16.9. The molecule has 0 spiro atoms. The highest BCUT2D eigenvalue weighted by Gasteiger charge is 2.22. The zero-order valence-corrected chi connectivity index (χ0v) is 17.7. The van der Waals surface area contributed by atoms with Gasteiger partial charge in [0.2, 0.25) is 0 Å². The van der Waals surface area contributed by atoms with E-state index in [1.54, 1.807) is 18.2 Å². The first-order valence-electron chi connectivity index (χ1n) is 9.90. The molecule has 158 valence electrons. The Morgan fingerprint density at radius 3 is 2.34 bits per heavy atom. The Kier molecular flexibility index (Phi) is 6.20. The number of rotatable bonds is 5. The minimum Gasteiger partial charge on any atom is -0.508 e.